The second-order valence-corrected chi connectivity index (χ2v) is 6.24. The first kappa shape index (κ1) is 15.5. The molecule has 6 nitrogen and oxygen atoms in total. The number of para-hydroxylation sites is 1. The van der Waals surface area contributed by atoms with Gasteiger partial charge in [-0.2, -0.15) is 0 Å². The first-order chi connectivity index (χ1) is 11.1. The Morgan fingerprint density at radius 1 is 1.04 bits per heavy atom. The number of piperidine rings is 1. The molecule has 3 amide bonds. The van der Waals surface area contributed by atoms with Crippen molar-refractivity contribution < 1.29 is 14.4 Å². The quantitative estimate of drug-likeness (QED) is 0.894. The molecule has 2 saturated heterocycles. The maximum Gasteiger partial charge on any atom is 0.228 e. The predicted octanol–water partition coefficient (Wildman–Crippen LogP) is 0.763. The molecule has 2 fully saturated rings. The Balaban J connectivity index is 1.61. The van der Waals surface area contributed by atoms with E-state index in [4.69, 9.17) is 5.73 Å². The fraction of sp³-hybridized carbons (Fsp3) is 0.471. The number of carbonyl (C=O) groups excluding carboxylic acids is 3. The Hall–Kier alpha value is -2.37. The summed E-state index contributed by atoms with van der Waals surface area (Å²) in [6, 6.07) is 9.42. The van der Waals surface area contributed by atoms with Crippen LogP contribution in [0, 0.1) is 11.8 Å². The molecule has 23 heavy (non-hydrogen) atoms. The number of likely N-dealkylation sites (tertiary alicyclic amines) is 1. The van der Waals surface area contributed by atoms with Gasteiger partial charge in [-0.3, -0.25) is 14.4 Å². The minimum atomic E-state index is -0.298. The fourth-order valence-corrected chi connectivity index (χ4v) is 3.37. The molecule has 3 rings (SSSR count). The summed E-state index contributed by atoms with van der Waals surface area (Å²) in [7, 11) is 0. The molecule has 1 aromatic carbocycles. The molecule has 2 N–H and O–H groups in total. The van der Waals surface area contributed by atoms with Crippen molar-refractivity contribution in [2.75, 3.05) is 24.5 Å². The zero-order valence-electron chi connectivity index (χ0n) is 13.0. The normalized spacial score (nSPS) is 22.4. The van der Waals surface area contributed by atoms with Gasteiger partial charge in [0.15, 0.2) is 0 Å². The van der Waals surface area contributed by atoms with Crippen molar-refractivity contribution in [3.05, 3.63) is 30.3 Å². The molecule has 0 bridgehead atoms. The third-order valence-electron chi connectivity index (χ3n) is 4.75. The summed E-state index contributed by atoms with van der Waals surface area (Å²) in [6.07, 6.45) is 1.48. The molecular formula is C17H21N3O3. The second kappa shape index (κ2) is 6.40. The van der Waals surface area contributed by atoms with Gasteiger partial charge in [0.2, 0.25) is 17.7 Å². The highest BCUT2D eigenvalue weighted by Gasteiger charge is 2.38. The topological polar surface area (TPSA) is 83.7 Å². The molecule has 2 heterocycles. The molecule has 2 aliphatic rings. The van der Waals surface area contributed by atoms with Crippen molar-refractivity contribution >= 4 is 23.4 Å². The van der Waals surface area contributed by atoms with E-state index >= 15 is 0 Å². The monoisotopic (exact) mass is 315 g/mol. The Morgan fingerprint density at radius 2 is 1.70 bits per heavy atom. The van der Waals surface area contributed by atoms with E-state index in [1.807, 2.05) is 30.3 Å². The predicted molar refractivity (Wildman–Crippen MR) is 85.4 cm³/mol. The summed E-state index contributed by atoms with van der Waals surface area (Å²) in [4.78, 5) is 39.5. The van der Waals surface area contributed by atoms with Gasteiger partial charge in [0.05, 0.1) is 5.92 Å². The summed E-state index contributed by atoms with van der Waals surface area (Å²) < 4.78 is 0. The molecule has 0 radical (unpaired) electrons. The van der Waals surface area contributed by atoms with Crippen LogP contribution in [-0.2, 0) is 14.4 Å². The van der Waals surface area contributed by atoms with Crippen molar-refractivity contribution in [2.24, 2.45) is 17.6 Å². The van der Waals surface area contributed by atoms with Gasteiger partial charge in [-0.25, -0.2) is 0 Å². The van der Waals surface area contributed by atoms with Crippen LogP contribution in [0.25, 0.3) is 0 Å². The van der Waals surface area contributed by atoms with Crippen LogP contribution in [0.1, 0.15) is 19.3 Å². The third-order valence-corrected chi connectivity index (χ3v) is 4.75. The number of hydrogen-bond acceptors (Lipinski definition) is 3. The Bertz CT molecular complexity index is 609. The van der Waals surface area contributed by atoms with Crippen molar-refractivity contribution in [3.8, 4) is 0 Å². The first-order valence-corrected chi connectivity index (χ1v) is 8.00. The van der Waals surface area contributed by atoms with E-state index in [0.29, 0.717) is 32.5 Å². The highest BCUT2D eigenvalue weighted by molar-refractivity contribution is 6.00. The maximum absolute atomic E-state index is 12.6. The molecule has 6 heteroatoms. The number of benzene rings is 1. The molecule has 2 aliphatic heterocycles. The second-order valence-electron chi connectivity index (χ2n) is 6.24. The molecular weight excluding hydrogens is 294 g/mol. The number of hydrogen-bond donors (Lipinski definition) is 1. The Kier molecular flexibility index (Phi) is 4.32. The molecule has 0 aliphatic carbocycles. The third kappa shape index (κ3) is 3.21. The average Bonchev–Trinajstić information content (AvgIpc) is 2.97. The summed E-state index contributed by atoms with van der Waals surface area (Å²) >= 11 is 0. The van der Waals surface area contributed by atoms with Crippen LogP contribution in [0.5, 0.6) is 0 Å². The molecule has 0 saturated carbocycles. The SMILES string of the molecule is NC(=O)C1CCN(C(=O)[C@H]2CC(=O)N(c3ccccc3)C2)CC1. The fourth-order valence-electron chi connectivity index (χ4n) is 3.37. The molecule has 122 valence electrons. The van der Waals surface area contributed by atoms with Gasteiger partial charge in [-0.15, -0.1) is 0 Å². The Labute approximate surface area is 135 Å². The van der Waals surface area contributed by atoms with E-state index in [-0.39, 0.29) is 36.0 Å². The minimum Gasteiger partial charge on any atom is -0.369 e. The molecule has 0 unspecified atom stereocenters. The lowest BCUT2D eigenvalue weighted by atomic mass is 9.95. The van der Waals surface area contributed by atoms with Gasteiger partial charge in [0.1, 0.15) is 0 Å². The maximum atomic E-state index is 12.6. The van der Waals surface area contributed by atoms with Crippen molar-refractivity contribution in [1.82, 2.24) is 4.90 Å². The van der Waals surface area contributed by atoms with Crippen LogP contribution >= 0.6 is 0 Å². The van der Waals surface area contributed by atoms with Gasteiger partial charge in [-0.1, -0.05) is 18.2 Å². The molecule has 1 atom stereocenters. The van der Waals surface area contributed by atoms with Gasteiger partial charge in [0, 0.05) is 37.7 Å². The summed E-state index contributed by atoms with van der Waals surface area (Å²) in [6.45, 7) is 1.52. The zero-order chi connectivity index (χ0) is 16.4. The Morgan fingerprint density at radius 3 is 2.30 bits per heavy atom. The van der Waals surface area contributed by atoms with Crippen LogP contribution in [0.15, 0.2) is 30.3 Å². The van der Waals surface area contributed by atoms with Crippen LogP contribution in [0.2, 0.25) is 0 Å². The standard InChI is InChI=1S/C17H21N3O3/c18-16(22)12-6-8-19(9-7-12)17(23)13-10-15(21)20(11-13)14-4-2-1-3-5-14/h1-5,12-13H,6-11H2,(H2,18,22)/t13-/m0/s1. The first-order valence-electron chi connectivity index (χ1n) is 8.00. The van der Waals surface area contributed by atoms with E-state index in [0.717, 1.165) is 5.69 Å². The van der Waals surface area contributed by atoms with Crippen molar-refractivity contribution in [2.45, 2.75) is 19.3 Å². The lowest BCUT2D eigenvalue weighted by Gasteiger charge is -2.32. The van der Waals surface area contributed by atoms with Crippen LogP contribution in [-0.4, -0.2) is 42.3 Å². The number of rotatable bonds is 3. The summed E-state index contributed by atoms with van der Waals surface area (Å²) in [5.74, 6) is -0.720. The van der Waals surface area contributed by atoms with Gasteiger partial charge in [-0.05, 0) is 25.0 Å². The smallest absolute Gasteiger partial charge is 0.228 e. The number of carbonyl (C=O) groups is 3. The largest absolute Gasteiger partial charge is 0.369 e. The van der Waals surface area contributed by atoms with Gasteiger partial charge < -0.3 is 15.5 Å². The van der Waals surface area contributed by atoms with Crippen LogP contribution < -0.4 is 10.6 Å². The number of anilines is 1. The van der Waals surface area contributed by atoms with E-state index < -0.39 is 0 Å². The van der Waals surface area contributed by atoms with E-state index in [2.05, 4.69) is 0 Å². The zero-order valence-corrected chi connectivity index (χ0v) is 13.0. The van der Waals surface area contributed by atoms with Crippen LogP contribution in [0.4, 0.5) is 5.69 Å². The summed E-state index contributed by atoms with van der Waals surface area (Å²) in [5.41, 5.74) is 6.15. The average molecular weight is 315 g/mol. The molecule has 0 aromatic heterocycles. The highest BCUT2D eigenvalue weighted by Crippen LogP contribution is 2.27. The van der Waals surface area contributed by atoms with Gasteiger partial charge in [0.25, 0.3) is 0 Å². The van der Waals surface area contributed by atoms with E-state index in [1.165, 1.54) is 0 Å². The summed E-state index contributed by atoms with van der Waals surface area (Å²) in [5, 5.41) is 0. The number of nitrogens with zero attached hydrogens (tertiary/aromatic N) is 2. The van der Waals surface area contributed by atoms with Crippen molar-refractivity contribution in [3.63, 3.8) is 0 Å². The molecule has 1 aromatic rings. The minimum absolute atomic E-state index is 0.0124. The number of nitrogens with two attached hydrogens (primary N) is 1. The van der Waals surface area contributed by atoms with E-state index in [9.17, 15) is 14.4 Å². The van der Waals surface area contributed by atoms with E-state index in [1.54, 1.807) is 9.80 Å². The van der Waals surface area contributed by atoms with Gasteiger partial charge >= 0.3 is 0 Å². The lowest BCUT2D eigenvalue weighted by molar-refractivity contribution is -0.138. The molecule has 0 spiro atoms. The highest BCUT2D eigenvalue weighted by atomic mass is 16.2. The number of amides is 3. The van der Waals surface area contributed by atoms with Crippen LogP contribution in [0.3, 0.4) is 0 Å². The van der Waals surface area contributed by atoms with Crippen molar-refractivity contribution in [1.29, 1.82) is 0 Å². The number of primary amides is 1. The lowest BCUT2D eigenvalue weighted by Crippen LogP contribution is -2.44.